The van der Waals surface area contributed by atoms with Crippen LogP contribution in [0.3, 0.4) is 0 Å². The highest BCUT2D eigenvalue weighted by Crippen LogP contribution is 2.26. The van der Waals surface area contributed by atoms with E-state index < -0.39 is 10.0 Å². The number of amides is 1. The third-order valence-electron chi connectivity index (χ3n) is 3.74. The van der Waals surface area contributed by atoms with Gasteiger partial charge in [0.25, 0.3) is 10.0 Å². The summed E-state index contributed by atoms with van der Waals surface area (Å²) in [5.74, 6) is -0.0635. The summed E-state index contributed by atoms with van der Waals surface area (Å²) in [4.78, 5) is 17.3. The summed E-state index contributed by atoms with van der Waals surface area (Å²) in [5.41, 5.74) is 5.65. The number of aromatic nitrogens is 2. The Hall–Kier alpha value is -1.61. The van der Waals surface area contributed by atoms with Crippen LogP contribution in [0.4, 0.5) is 5.82 Å². The van der Waals surface area contributed by atoms with Crippen LogP contribution in [0.15, 0.2) is 11.4 Å². The third-order valence-corrected chi connectivity index (χ3v) is 5.77. The minimum atomic E-state index is -3.67. The number of hydrogen-bond donors (Lipinski definition) is 1. The number of imidazole rings is 1. The van der Waals surface area contributed by atoms with Crippen LogP contribution < -0.4 is 5.73 Å². The lowest BCUT2D eigenvalue weighted by Crippen LogP contribution is -2.43. The molecule has 0 unspecified atom stereocenters. The van der Waals surface area contributed by atoms with E-state index in [9.17, 15) is 13.2 Å². The fourth-order valence-electron chi connectivity index (χ4n) is 2.58. The van der Waals surface area contributed by atoms with Gasteiger partial charge in [-0.15, -0.1) is 0 Å². The summed E-state index contributed by atoms with van der Waals surface area (Å²) in [7, 11) is 1.35. The number of carbonyl (C=O) groups is 1. The highest BCUT2D eigenvalue weighted by Gasteiger charge is 2.35. The van der Waals surface area contributed by atoms with E-state index in [1.54, 1.807) is 26.0 Å². The van der Waals surface area contributed by atoms with E-state index in [1.807, 2.05) is 0 Å². The zero-order valence-corrected chi connectivity index (χ0v) is 13.3. The van der Waals surface area contributed by atoms with E-state index in [0.29, 0.717) is 25.9 Å². The first-order chi connectivity index (χ1) is 9.75. The van der Waals surface area contributed by atoms with Crippen molar-refractivity contribution in [3.63, 3.8) is 0 Å². The smallest absolute Gasteiger partial charge is 0.262 e. The number of anilines is 1. The Kier molecular flexibility index (Phi) is 4.24. The molecule has 0 atom stereocenters. The highest BCUT2D eigenvalue weighted by atomic mass is 32.2. The van der Waals surface area contributed by atoms with Crippen LogP contribution in [0, 0.1) is 5.92 Å². The highest BCUT2D eigenvalue weighted by molar-refractivity contribution is 7.89. The van der Waals surface area contributed by atoms with Crippen LogP contribution in [0.1, 0.15) is 12.8 Å². The molecule has 8 nitrogen and oxygen atoms in total. The van der Waals surface area contributed by atoms with Crippen LogP contribution in [0.25, 0.3) is 0 Å². The molecule has 1 aromatic rings. The molecular formula is C12H21N5O3S. The SMILES string of the molecule is CN(C)C(=O)C1CCN(S(=O)(=O)c2c(N)ncn2C)CC1. The zero-order chi connectivity index (χ0) is 15.8. The minimum absolute atomic E-state index is 0.00370. The maximum Gasteiger partial charge on any atom is 0.262 e. The second-order valence-electron chi connectivity index (χ2n) is 5.46. The van der Waals surface area contributed by atoms with Gasteiger partial charge in [-0.3, -0.25) is 4.79 Å². The van der Waals surface area contributed by atoms with Gasteiger partial charge in [0.15, 0.2) is 10.8 Å². The molecule has 1 aliphatic heterocycles. The average molecular weight is 315 g/mol. The van der Waals surface area contributed by atoms with Crippen LogP contribution in [0.2, 0.25) is 0 Å². The lowest BCUT2D eigenvalue weighted by Gasteiger charge is -2.31. The van der Waals surface area contributed by atoms with Crippen molar-refractivity contribution in [2.24, 2.45) is 13.0 Å². The first-order valence-corrected chi connectivity index (χ1v) is 8.17. The summed E-state index contributed by atoms with van der Waals surface area (Å²) in [6.45, 7) is 0.633. The number of aryl methyl sites for hydroxylation is 1. The number of rotatable bonds is 3. The van der Waals surface area contributed by atoms with Gasteiger partial charge in [0.2, 0.25) is 5.91 Å². The summed E-state index contributed by atoms with van der Waals surface area (Å²) >= 11 is 0. The van der Waals surface area contributed by atoms with Crippen LogP contribution in [0.5, 0.6) is 0 Å². The Morgan fingerprint density at radius 3 is 2.38 bits per heavy atom. The van der Waals surface area contributed by atoms with Crippen LogP contribution in [-0.2, 0) is 21.9 Å². The van der Waals surface area contributed by atoms with Gasteiger partial charge in [-0.25, -0.2) is 13.4 Å². The zero-order valence-electron chi connectivity index (χ0n) is 12.5. The van der Waals surface area contributed by atoms with Crippen molar-refractivity contribution in [3.05, 3.63) is 6.33 Å². The van der Waals surface area contributed by atoms with E-state index in [4.69, 9.17) is 5.73 Å². The molecule has 0 radical (unpaired) electrons. The standard InChI is InChI=1S/C12H21N5O3S/c1-15(2)11(18)9-4-6-17(7-5-9)21(19,20)12-10(13)14-8-16(12)3/h8-9H,4-7,13H2,1-3H3. The van der Waals surface area contributed by atoms with Crippen molar-refractivity contribution in [1.29, 1.82) is 0 Å². The molecular weight excluding hydrogens is 294 g/mol. The molecule has 1 aromatic heterocycles. The molecule has 0 saturated carbocycles. The fraction of sp³-hybridized carbons (Fsp3) is 0.667. The predicted molar refractivity (Wildman–Crippen MR) is 77.8 cm³/mol. The topological polar surface area (TPSA) is 102 Å². The van der Waals surface area contributed by atoms with Crippen LogP contribution >= 0.6 is 0 Å². The van der Waals surface area contributed by atoms with Crippen molar-refractivity contribution in [1.82, 2.24) is 18.8 Å². The summed E-state index contributed by atoms with van der Waals surface area (Å²) in [5, 5.41) is 0.0138. The van der Waals surface area contributed by atoms with Gasteiger partial charge in [0, 0.05) is 40.2 Å². The summed E-state index contributed by atoms with van der Waals surface area (Å²) in [6.07, 6.45) is 2.42. The molecule has 0 spiro atoms. The van der Waals surface area contributed by atoms with Crippen molar-refractivity contribution in [3.8, 4) is 0 Å². The number of nitrogen functional groups attached to an aromatic ring is 1. The van der Waals surface area contributed by atoms with Gasteiger partial charge >= 0.3 is 0 Å². The fourth-order valence-corrected chi connectivity index (χ4v) is 4.25. The van der Waals surface area contributed by atoms with Gasteiger partial charge in [0.1, 0.15) is 0 Å². The molecule has 2 heterocycles. The molecule has 21 heavy (non-hydrogen) atoms. The van der Waals surface area contributed by atoms with Gasteiger partial charge in [0.05, 0.1) is 6.33 Å². The number of hydrogen-bond acceptors (Lipinski definition) is 5. The van der Waals surface area contributed by atoms with Crippen LogP contribution in [-0.4, -0.2) is 60.3 Å². The predicted octanol–water partition coefficient (Wildman–Crippen LogP) is -0.509. The monoisotopic (exact) mass is 315 g/mol. The van der Waals surface area contributed by atoms with E-state index in [0.717, 1.165) is 0 Å². The average Bonchev–Trinajstić information content (AvgIpc) is 2.78. The first-order valence-electron chi connectivity index (χ1n) is 6.73. The van der Waals surface area contributed by atoms with Gasteiger partial charge in [-0.2, -0.15) is 4.31 Å². The number of nitrogens with zero attached hydrogens (tertiary/aromatic N) is 4. The maximum absolute atomic E-state index is 12.6. The normalized spacial score (nSPS) is 17.9. The molecule has 1 saturated heterocycles. The molecule has 2 N–H and O–H groups in total. The van der Waals surface area contributed by atoms with Crippen molar-refractivity contribution >= 4 is 21.7 Å². The Balaban J connectivity index is 2.14. The molecule has 9 heteroatoms. The molecule has 1 aliphatic rings. The van der Waals surface area contributed by atoms with Crippen molar-refractivity contribution < 1.29 is 13.2 Å². The Labute approximate surface area is 124 Å². The maximum atomic E-state index is 12.6. The van der Waals surface area contributed by atoms with E-state index in [1.165, 1.54) is 15.2 Å². The third kappa shape index (κ3) is 2.88. The Morgan fingerprint density at radius 1 is 1.38 bits per heavy atom. The van der Waals surface area contributed by atoms with E-state index >= 15 is 0 Å². The lowest BCUT2D eigenvalue weighted by molar-refractivity contribution is -0.134. The van der Waals surface area contributed by atoms with E-state index in [2.05, 4.69) is 4.98 Å². The summed E-state index contributed by atoms with van der Waals surface area (Å²) in [6, 6.07) is 0. The van der Waals surface area contributed by atoms with E-state index in [-0.39, 0.29) is 22.7 Å². The molecule has 118 valence electrons. The molecule has 0 aliphatic carbocycles. The number of nitrogens with two attached hydrogens (primary N) is 1. The molecule has 0 aromatic carbocycles. The quantitative estimate of drug-likeness (QED) is 0.809. The second-order valence-corrected chi connectivity index (χ2v) is 7.31. The molecule has 2 rings (SSSR count). The largest absolute Gasteiger partial charge is 0.381 e. The minimum Gasteiger partial charge on any atom is -0.381 e. The Morgan fingerprint density at radius 2 is 1.95 bits per heavy atom. The lowest BCUT2D eigenvalue weighted by atomic mass is 9.97. The molecule has 1 fully saturated rings. The molecule has 0 bridgehead atoms. The number of sulfonamides is 1. The van der Waals surface area contributed by atoms with Crippen molar-refractivity contribution in [2.75, 3.05) is 32.9 Å². The first kappa shape index (κ1) is 15.8. The van der Waals surface area contributed by atoms with Gasteiger partial charge in [-0.05, 0) is 12.8 Å². The second kappa shape index (κ2) is 5.64. The van der Waals surface area contributed by atoms with Crippen molar-refractivity contribution in [2.45, 2.75) is 17.9 Å². The Bertz CT molecular complexity index is 610. The van der Waals surface area contributed by atoms with Gasteiger partial charge in [-0.1, -0.05) is 0 Å². The molecule has 1 amide bonds. The number of carbonyl (C=O) groups excluding carboxylic acids is 1. The van der Waals surface area contributed by atoms with Gasteiger partial charge < -0.3 is 15.2 Å². The number of piperidine rings is 1. The summed E-state index contributed by atoms with van der Waals surface area (Å²) < 4.78 is 28.0.